The highest BCUT2D eigenvalue weighted by Gasteiger charge is 2.58. The molecule has 10 heteroatoms. The highest BCUT2D eigenvalue weighted by molar-refractivity contribution is 6.31. The minimum atomic E-state index is -1.29. The molecule has 1 aromatic carbocycles. The van der Waals surface area contributed by atoms with Crippen molar-refractivity contribution in [2.45, 2.75) is 44.5 Å². The fourth-order valence-corrected chi connectivity index (χ4v) is 4.24. The zero-order chi connectivity index (χ0) is 21.0. The molecular formula is C20H26ClN5O4. The number of hydrogen-bond donors (Lipinski definition) is 1. The van der Waals surface area contributed by atoms with E-state index < -0.39 is 18.1 Å². The Morgan fingerprint density at radius 2 is 1.60 bits per heavy atom. The minimum Gasteiger partial charge on any atom is -0.338 e. The second-order valence-corrected chi connectivity index (χ2v) is 8.54. The van der Waals surface area contributed by atoms with Crippen LogP contribution in [0.15, 0.2) is 18.2 Å². The van der Waals surface area contributed by atoms with Gasteiger partial charge in [-0.3, -0.25) is 0 Å². The Kier molecular flexibility index (Phi) is 5.10. The van der Waals surface area contributed by atoms with Crippen LogP contribution in [0.25, 0.3) is 10.9 Å². The van der Waals surface area contributed by atoms with Crippen molar-refractivity contribution in [3.05, 3.63) is 28.9 Å². The molecule has 0 saturated carbocycles. The van der Waals surface area contributed by atoms with Crippen molar-refractivity contribution in [1.29, 1.82) is 0 Å². The van der Waals surface area contributed by atoms with Crippen LogP contribution in [0.4, 0.5) is 5.95 Å². The number of benzene rings is 1. The minimum absolute atomic E-state index is 0.357. The molecule has 3 aliphatic heterocycles. The number of piperazine rings is 1. The highest BCUT2D eigenvalue weighted by atomic mass is 35.5. The lowest BCUT2D eigenvalue weighted by molar-refractivity contribution is -0.462. The van der Waals surface area contributed by atoms with Gasteiger partial charge in [0.2, 0.25) is 5.95 Å². The van der Waals surface area contributed by atoms with Crippen LogP contribution in [0.1, 0.15) is 19.5 Å². The number of ether oxygens (including phenoxy) is 4. The molecule has 2 N–H and O–H groups in total. The number of halogens is 1. The third kappa shape index (κ3) is 3.34. The van der Waals surface area contributed by atoms with Crippen molar-refractivity contribution in [2.24, 2.45) is 5.73 Å². The van der Waals surface area contributed by atoms with Crippen molar-refractivity contribution in [2.75, 3.05) is 38.1 Å². The van der Waals surface area contributed by atoms with Crippen molar-refractivity contribution in [3.63, 3.8) is 0 Å². The van der Waals surface area contributed by atoms with Crippen molar-refractivity contribution in [3.8, 4) is 0 Å². The number of likely N-dealkylation sites (N-methyl/N-ethyl adjacent to an activating group) is 1. The molecule has 0 bridgehead atoms. The average Bonchev–Trinajstić information content (AvgIpc) is 2.68. The summed E-state index contributed by atoms with van der Waals surface area (Å²) in [5.41, 5.74) is 6.93. The first-order valence-electron chi connectivity index (χ1n) is 10.2. The van der Waals surface area contributed by atoms with E-state index in [4.69, 9.17) is 46.3 Å². The number of nitrogens with two attached hydrogens (primary N) is 1. The summed E-state index contributed by atoms with van der Waals surface area (Å²) in [6.07, 6.45) is -2.24. The van der Waals surface area contributed by atoms with Gasteiger partial charge in [0.1, 0.15) is 0 Å². The first-order chi connectivity index (χ1) is 14.3. The topological polar surface area (TPSA) is 95.2 Å². The molecule has 4 heterocycles. The zero-order valence-electron chi connectivity index (χ0n) is 17.2. The lowest BCUT2D eigenvalue weighted by atomic mass is 9.89. The van der Waals surface area contributed by atoms with Crippen LogP contribution < -0.4 is 10.6 Å². The SMILES string of the molecule is CC1OC(C(N)(c2nc(N3CCN(C)CC3)nc3ccc(Cl)cc23)C2OC(C)O2)O1. The van der Waals surface area contributed by atoms with E-state index >= 15 is 0 Å². The zero-order valence-corrected chi connectivity index (χ0v) is 18.0. The van der Waals surface area contributed by atoms with E-state index in [-0.39, 0.29) is 12.6 Å². The van der Waals surface area contributed by atoms with Crippen LogP contribution in [0.5, 0.6) is 0 Å². The summed E-state index contributed by atoms with van der Waals surface area (Å²) in [6, 6.07) is 5.49. The maximum atomic E-state index is 6.93. The molecule has 0 amide bonds. The van der Waals surface area contributed by atoms with E-state index in [2.05, 4.69) is 16.8 Å². The second-order valence-electron chi connectivity index (χ2n) is 8.10. The molecule has 0 atom stereocenters. The second kappa shape index (κ2) is 7.52. The Bertz CT molecular complexity index is 924. The number of aromatic nitrogens is 2. The van der Waals surface area contributed by atoms with Crippen molar-refractivity contribution in [1.82, 2.24) is 14.9 Å². The first-order valence-corrected chi connectivity index (χ1v) is 10.5. The van der Waals surface area contributed by atoms with Gasteiger partial charge in [0.15, 0.2) is 30.7 Å². The molecule has 30 heavy (non-hydrogen) atoms. The van der Waals surface area contributed by atoms with Crippen LogP contribution in [-0.2, 0) is 24.5 Å². The van der Waals surface area contributed by atoms with Crippen LogP contribution >= 0.6 is 11.6 Å². The van der Waals surface area contributed by atoms with Crippen LogP contribution in [-0.4, -0.2) is 73.3 Å². The number of fused-ring (bicyclic) bond motifs is 1. The van der Waals surface area contributed by atoms with E-state index in [1.807, 2.05) is 32.0 Å². The Labute approximate surface area is 180 Å². The van der Waals surface area contributed by atoms with E-state index in [0.29, 0.717) is 16.7 Å². The maximum Gasteiger partial charge on any atom is 0.226 e. The molecule has 0 unspecified atom stereocenters. The fraction of sp³-hybridized carbons (Fsp3) is 0.600. The van der Waals surface area contributed by atoms with Gasteiger partial charge in [-0.1, -0.05) is 11.6 Å². The third-order valence-electron chi connectivity index (χ3n) is 5.88. The summed E-state index contributed by atoms with van der Waals surface area (Å²) in [5, 5.41) is 1.29. The van der Waals surface area contributed by atoms with Crippen LogP contribution in [0.3, 0.4) is 0 Å². The highest BCUT2D eigenvalue weighted by Crippen LogP contribution is 2.43. The summed E-state index contributed by atoms with van der Waals surface area (Å²) >= 11 is 6.31. The molecular weight excluding hydrogens is 410 g/mol. The van der Waals surface area contributed by atoms with Gasteiger partial charge in [-0.25, -0.2) is 9.97 Å². The number of nitrogens with zero attached hydrogens (tertiary/aromatic N) is 4. The lowest BCUT2D eigenvalue weighted by Crippen LogP contribution is -2.69. The van der Waals surface area contributed by atoms with Gasteiger partial charge in [-0.05, 0) is 39.1 Å². The molecule has 9 nitrogen and oxygen atoms in total. The predicted molar refractivity (Wildman–Crippen MR) is 111 cm³/mol. The molecule has 162 valence electrons. The molecule has 2 aromatic rings. The average molecular weight is 436 g/mol. The molecule has 3 aliphatic rings. The third-order valence-corrected chi connectivity index (χ3v) is 6.12. The van der Waals surface area contributed by atoms with Crippen molar-refractivity contribution >= 4 is 28.5 Å². The largest absolute Gasteiger partial charge is 0.338 e. The van der Waals surface area contributed by atoms with Gasteiger partial charge >= 0.3 is 0 Å². The molecule has 3 saturated heterocycles. The molecule has 5 rings (SSSR count). The first kappa shape index (κ1) is 20.3. The van der Waals surface area contributed by atoms with Gasteiger partial charge in [0, 0.05) is 36.6 Å². The van der Waals surface area contributed by atoms with Gasteiger partial charge in [0.05, 0.1) is 11.2 Å². The Hall–Kier alpha value is -1.59. The summed E-state index contributed by atoms with van der Waals surface area (Å²) in [6.45, 7) is 7.15. The smallest absolute Gasteiger partial charge is 0.226 e. The number of rotatable bonds is 4. The molecule has 3 fully saturated rings. The molecule has 0 radical (unpaired) electrons. The van der Waals surface area contributed by atoms with E-state index in [9.17, 15) is 0 Å². The van der Waals surface area contributed by atoms with Crippen LogP contribution in [0, 0.1) is 0 Å². The number of hydrogen-bond acceptors (Lipinski definition) is 9. The summed E-state index contributed by atoms with van der Waals surface area (Å²) in [5.74, 6) is 0.613. The Morgan fingerprint density at radius 1 is 1.00 bits per heavy atom. The van der Waals surface area contributed by atoms with Gasteiger partial charge in [0.25, 0.3) is 0 Å². The van der Waals surface area contributed by atoms with E-state index in [1.165, 1.54) is 0 Å². The maximum absolute atomic E-state index is 6.93. The number of anilines is 1. The van der Waals surface area contributed by atoms with Crippen molar-refractivity contribution < 1.29 is 18.9 Å². The Morgan fingerprint density at radius 3 is 2.17 bits per heavy atom. The standard InChI is InChI=1S/C20H26ClN5O4/c1-11-27-17(28-11)20(22,18-29-12(2)30-18)16-14-10-13(21)4-5-15(14)23-19(24-16)26-8-6-25(3)7-9-26/h4-5,10-12,17-18H,6-9,22H2,1-3H3. The fourth-order valence-electron chi connectivity index (χ4n) is 4.07. The predicted octanol–water partition coefficient (Wildman–Crippen LogP) is 1.63. The van der Waals surface area contributed by atoms with E-state index in [1.54, 1.807) is 0 Å². The van der Waals surface area contributed by atoms with E-state index in [0.717, 1.165) is 37.1 Å². The van der Waals surface area contributed by atoms with Gasteiger partial charge in [-0.15, -0.1) is 0 Å². The Balaban J connectivity index is 1.64. The summed E-state index contributed by atoms with van der Waals surface area (Å²) < 4.78 is 23.2. The normalized spacial score (nSPS) is 31.8. The monoisotopic (exact) mass is 435 g/mol. The quantitative estimate of drug-likeness (QED) is 0.768. The lowest BCUT2D eigenvalue weighted by Gasteiger charge is -2.51. The molecule has 0 spiro atoms. The summed E-state index contributed by atoms with van der Waals surface area (Å²) in [7, 11) is 2.11. The molecule has 1 aromatic heterocycles. The summed E-state index contributed by atoms with van der Waals surface area (Å²) in [4.78, 5) is 14.1. The van der Waals surface area contributed by atoms with Gasteiger partial charge < -0.3 is 34.5 Å². The molecule has 0 aliphatic carbocycles. The van der Waals surface area contributed by atoms with Gasteiger partial charge in [-0.2, -0.15) is 0 Å². The van der Waals surface area contributed by atoms with Crippen LogP contribution in [0.2, 0.25) is 5.02 Å².